The van der Waals surface area contributed by atoms with E-state index in [1.165, 1.54) is 6.26 Å². The Morgan fingerprint density at radius 3 is 2.27 bits per heavy atom. The first-order valence-corrected chi connectivity index (χ1v) is 10.7. The summed E-state index contributed by atoms with van der Waals surface area (Å²) in [6.45, 7) is 0.171. The number of sulfone groups is 1. The summed E-state index contributed by atoms with van der Waals surface area (Å²) in [7, 11) is -3.24. The Kier molecular flexibility index (Phi) is 4.40. The number of benzene rings is 2. The van der Waals surface area contributed by atoms with Gasteiger partial charge in [0.1, 0.15) is 0 Å². The highest BCUT2D eigenvalue weighted by molar-refractivity contribution is 7.90. The van der Waals surface area contributed by atoms with Gasteiger partial charge < -0.3 is 14.6 Å². The maximum Gasteiger partial charge on any atom is 0.231 e. The molecule has 1 fully saturated rings. The first kappa shape index (κ1) is 17.4. The fourth-order valence-corrected chi connectivity index (χ4v) is 4.49. The molecule has 0 saturated heterocycles. The van der Waals surface area contributed by atoms with Crippen molar-refractivity contribution in [3.63, 3.8) is 0 Å². The Morgan fingerprint density at radius 2 is 1.65 bits per heavy atom. The summed E-state index contributed by atoms with van der Waals surface area (Å²) in [6, 6.07) is 10.5. The van der Waals surface area contributed by atoms with E-state index >= 15 is 0 Å². The number of aliphatic hydroxyl groups is 1. The van der Waals surface area contributed by atoms with Gasteiger partial charge in [0.05, 0.1) is 11.0 Å². The molecule has 1 aliphatic heterocycles. The Labute approximate surface area is 153 Å². The SMILES string of the molecule is CS(=O)(=O)c1ccc(-c2cc3c(cc2C(O)C2CCCC2)OCO3)cc1. The van der Waals surface area contributed by atoms with Gasteiger partial charge in [-0.25, -0.2) is 8.42 Å². The van der Waals surface area contributed by atoms with Gasteiger partial charge >= 0.3 is 0 Å². The van der Waals surface area contributed by atoms with Crippen LogP contribution in [0, 0.1) is 5.92 Å². The first-order chi connectivity index (χ1) is 12.4. The smallest absolute Gasteiger partial charge is 0.231 e. The molecular weight excluding hydrogens is 352 g/mol. The average molecular weight is 374 g/mol. The van der Waals surface area contributed by atoms with E-state index in [-0.39, 0.29) is 17.6 Å². The average Bonchev–Trinajstić information content (AvgIpc) is 3.30. The first-order valence-electron chi connectivity index (χ1n) is 8.85. The number of hydrogen-bond donors (Lipinski definition) is 1. The zero-order chi connectivity index (χ0) is 18.3. The number of ether oxygens (including phenoxy) is 2. The van der Waals surface area contributed by atoms with Crippen molar-refractivity contribution in [2.75, 3.05) is 13.0 Å². The third-order valence-electron chi connectivity index (χ3n) is 5.30. The van der Waals surface area contributed by atoms with E-state index in [1.807, 2.05) is 12.1 Å². The molecule has 138 valence electrons. The highest BCUT2D eigenvalue weighted by atomic mass is 32.2. The monoisotopic (exact) mass is 374 g/mol. The maximum atomic E-state index is 11.7. The zero-order valence-electron chi connectivity index (χ0n) is 14.6. The van der Waals surface area contributed by atoms with Gasteiger partial charge in [-0.05, 0) is 59.7 Å². The number of fused-ring (bicyclic) bond motifs is 1. The zero-order valence-corrected chi connectivity index (χ0v) is 15.5. The lowest BCUT2D eigenvalue weighted by atomic mass is 9.88. The predicted molar refractivity (Wildman–Crippen MR) is 98.0 cm³/mol. The van der Waals surface area contributed by atoms with Crippen LogP contribution in [0.1, 0.15) is 37.4 Å². The van der Waals surface area contributed by atoms with Gasteiger partial charge in [0.2, 0.25) is 6.79 Å². The van der Waals surface area contributed by atoms with Gasteiger partial charge in [0, 0.05) is 6.26 Å². The summed E-state index contributed by atoms with van der Waals surface area (Å²) in [6.07, 6.45) is 4.94. The van der Waals surface area contributed by atoms with Crippen molar-refractivity contribution in [2.45, 2.75) is 36.7 Å². The molecule has 0 amide bonds. The van der Waals surface area contributed by atoms with Crippen molar-refractivity contribution >= 4 is 9.84 Å². The number of rotatable bonds is 4. The fraction of sp³-hybridized carbons (Fsp3) is 0.400. The minimum Gasteiger partial charge on any atom is -0.454 e. The van der Waals surface area contributed by atoms with Crippen LogP contribution in [0.25, 0.3) is 11.1 Å². The second-order valence-corrected chi connectivity index (χ2v) is 9.09. The van der Waals surface area contributed by atoms with Crippen LogP contribution < -0.4 is 9.47 Å². The number of hydrogen-bond acceptors (Lipinski definition) is 5. The Morgan fingerprint density at radius 1 is 1.04 bits per heavy atom. The van der Waals surface area contributed by atoms with Gasteiger partial charge in [-0.3, -0.25) is 0 Å². The quantitative estimate of drug-likeness (QED) is 0.883. The molecule has 2 aliphatic rings. The molecular formula is C20H22O5S. The molecule has 4 rings (SSSR count). The topological polar surface area (TPSA) is 72.8 Å². The van der Waals surface area contributed by atoms with Gasteiger partial charge in [-0.15, -0.1) is 0 Å². The van der Waals surface area contributed by atoms with Crippen LogP contribution in [-0.2, 0) is 9.84 Å². The Bertz CT molecular complexity index is 912. The maximum absolute atomic E-state index is 11.7. The molecule has 26 heavy (non-hydrogen) atoms. The molecule has 1 N–H and O–H groups in total. The summed E-state index contributed by atoms with van der Waals surface area (Å²) in [5, 5.41) is 11.0. The van der Waals surface area contributed by atoms with Gasteiger partial charge in [0.15, 0.2) is 21.3 Å². The lowest BCUT2D eigenvalue weighted by Gasteiger charge is -2.22. The largest absolute Gasteiger partial charge is 0.454 e. The molecule has 1 saturated carbocycles. The summed E-state index contributed by atoms with van der Waals surface area (Å²) < 4.78 is 34.4. The van der Waals surface area contributed by atoms with Crippen LogP contribution in [0.5, 0.6) is 11.5 Å². The molecule has 5 nitrogen and oxygen atoms in total. The van der Waals surface area contributed by atoms with Crippen molar-refractivity contribution in [1.29, 1.82) is 0 Å². The second-order valence-electron chi connectivity index (χ2n) is 7.08. The molecule has 2 aromatic carbocycles. The molecule has 1 heterocycles. The summed E-state index contributed by atoms with van der Waals surface area (Å²) in [4.78, 5) is 0.278. The minimum atomic E-state index is -3.24. The molecule has 0 spiro atoms. The van der Waals surface area contributed by atoms with E-state index in [2.05, 4.69) is 0 Å². The molecule has 1 aliphatic carbocycles. The standard InChI is InChI=1S/C20H22O5S/c1-26(22,23)15-8-6-13(7-9-15)16-10-18-19(25-12-24-18)11-17(16)20(21)14-4-2-3-5-14/h6-11,14,20-21H,2-5,12H2,1H3. The molecule has 2 aromatic rings. The summed E-state index contributed by atoms with van der Waals surface area (Å²) in [5.74, 6) is 1.53. The van der Waals surface area contributed by atoms with Gasteiger partial charge in [0.25, 0.3) is 0 Å². The molecule has 0 bridgehead atoms. The third kappa shape index (κ3) is 3.19. The number of aliphatic hydroxyl groups excluding tert-OH is 1. The summed E-state index contributed by atoms with van der Waals surface area (Å²) >= 11 is 0. The van der Waals surface area contributed by atoms with Crippen molar-refractivity contribution < 1.29 is 23.0 Å². The third-order valence-corrected chi connectivity index (χ3v) is 6.43. The van der Waals surface area contributed by atoms with E-state index in [1.54, 1.807) is 24.3 Å². The molecule has 6 heteroatoms. The van der Waals surface area contributed by atoms with E-state index in [4.69, 9.17) is 9.47 Å². The van der Waals surface area contributed by atoms with Crippen molar-refractivity contribution in [3.8, 4) is 22.6 Å². The van der Waals surface area contributed by atoms with E-state index in [0.29, 0.717) is 11.5 Å². The van der Waals surface area contributed by atoms with E-state index in [0.717, 1.165) is 42.4 Å². The highest BCUT2D eigenvalue weighted by Gasteiger charge is 2.29. The highest BCUT2D eigenvalue weighted by Crippen LogP contribution is 2.45. The molecule has 0 radical (unpaired) electrons. The van der Waals surface area contributed by atoms with E-state index in [9.17, 15) is 13.5 Å². The van der Waals surface area contributed by atoms with Crippen LogP contribution in [0.4, 0.5) is 0 Å². The van der Waals surface area contributed by atoms with Crippen molar-refractivity contribution in [3.05, 3.63) is 42.0 Å². The summed E-state index contributed by atoms with van der Waals surface area (Å²) in [5.41, 5.74) is 2.52. The predicted octanol–water partition coefficient (Wildman–Crippen LogP) is 3.71. The van der Waals surface area contributed by atoms with Crippen LogP contribution >= 0.6 is 0 Å². The minimum absolute atomic E-state index is 0.171. The van der Waals surface area contributed by atoms with Crippen molar-refractivity contribution in [2.24, 2.45) is 5.92 Å². The lowest BCUT2D eigenvalue weighted by molar-refractivity contribution is 0.112. The molecule has 0 aromatic heterocycles. The van der Waals surface area contributed by atoms with Crippen LogP contribution in [-0.4, -0.2) is 26.6 Å². The molecule has 1 unspecified atom stereocenters. The van der Waals surface area contributed by atoms with Gasteiger partial charge in [-0.2, -0.15) is 0 Å². The van der Waals surface area contributed by atoms with Crippen LogP contribution in [0.2, 0.25) is 0 Å². The van der Waals surface area contributed by atoms with Crippen LogP contribution in [0.3, 0.4) is 0 Å². The lowest BCUT2D eigenvalue weighted by Crippen LogP contribution is -2.10. The normalized spacial score (nSPS) is 18.2. The second kappa shape index (κ2) is 6.59. The van der Waals surface area contributed by atoms with Crippen molar-refractivity contribution in [1.82, 2.24) is 0 Å². The van der Waals surface area contributed by atoms with E-state index < -0.39 is 15.9 Å². The molecule has 1 atom stereocenters. The Hall–Kier alpha value is -2.05. The fourth-order valence-electron chi connectivity index (χ4n) is 3.86. The Balaban J connectivity index is 1.79. The van der Waals surface area contributed by atoms with Gasteiger partial charge in [-0.1, -0.05) is 25.0 Å². The van der Waals surface area contributed by atoms with Crippen LogP contribution in [0.15, 0.2) is 41.3 Å².